The van der Waals surface area contributed by atoms with Gasteiger partial charge in [-0.15, -0.1) is 0 Å². The van der Waals surface area contributed by atoms with E-state index in [9.17, 15) is 10.2 Å². The molecule has 0 saturated carbocycles. The Morgan fingerprint density at radius 2 is 2.00 bits per heavy atom. The van der Waals surface area contributed by atoms with Gasteiger partial charge in [0.25, 0.3) is 0 Å². The molecule has 3 nitrogen and oxygen atoms in total. The average Bonchev–Trinajstić information content (AvgIpc) is 2.15. The monoisotopic (exact) mass is 238 g/mol. The molecule has 96 valence electrons. The highest BCUT2D eigenvalue weighted by atomic mass is 16.5. The van der Waals surface area contributed by atoms with Crippen molar-refractivity contribution in [3.8, 4) is 5.75 Å². The van der Waals surface area contributed by atoms with Gasteiger partial charge in [0.2, 0.25) is 0 Å². The summed E-state index contributed by atoms with van der Waals surface area (Å²) in [5.41, 5.74) is 1.15. The van der Waals surface area contributed by atoms with Gasteiger partial charge in [0.1, 0.15) is 5.75 Å². The highest BCUT2D eigenvalue weighted by Gasteiger charge is 2.14. The predicted molar refractivity (Wildman–Crippen MR) is 68.2 cm³/mol. The largest absolute Gasteiger partial charge is 0.493 e. The second kappa shape index (κ2) is 5.52. The number of aliphatic hydroxyl groups excluding tert-OH is 1. The van der Waals surface area contributed by atoms with E-state index in [1.165, 1.54) is 0 Å². The Morgan fingerprint density at radius 1 is 1.35 bits per heavy atom. The zero-order valence-corrected chi connectivity index (χ0v) is 11.0. The van der Waals surface area contributed by atoms with Crippen LogP contribution >= 0.6 is 0 Å². The van der Waals surface area contributed by atoms with Gasteiger partial charge < -0.3 is 14.9 Å². The normalized spacial score (nSPS) is 13.5. The lowest BCUT2D eigenvalue weighted by Crippen LogP contribution is -2.22. The fourth-order valence-electron chi connectivity index (χ4n) is 1.52. The van der Waals surface area contributed by atoms with Crippen LogP contribution in [0.3, 0.4) is 0 Å². The van der Waals surface area contributed by atoms with Crippen molar-refractivity contribution in [2.75, 3.05) is 6.61 Å². The third-order valence-electron chi connectivity index (χ3n) is 2.59. The second-order valence-corrected chi connectivity index (χ2v) is 5.13. The number of aryl methyl sites for hydroxylation is 1. The number of hydrogen-bond acceptors (Lipinski definition) is 3. The maximum absolute atomic E-state index is 9.63. The maximum Gasteiger partial charge on any atom is 0.125 e. The van der Waals surface area contributed by atoms with Crippen molar-refractivity contribution in [1.82, 2.24) is 0 Å². The van der Waals surface area contributed by atoms with E-state index in [0.717, 1.165) is 11.1 Å². The fourth-order valence-corrected chi connectivity index (χ4v) is 1.52. The molecular formula is C14H22O3. The Hall–Kier alpha value is -1.06. The second-order valence-electron chi connectivity index (χ2n) is 5.13. The minimum Gasteiger partial charge on any atom is -0.493 e. The Kier molecular flexibility index (Phi) is 4.54. The summed E-state index contributed by atoms with van der Waals surface area (Å²) in [7, 11) is 0. The van der Waals surface area contributed by atoms with Crippen LogP contribution in [-0.4, -0.2) is 22.4 Å². The van der Waals surface area contributed by atoms with Crippen LogP contribution < -0.4 is 4.74 Å². The zero-order valence-electron chi connectivity index (χ0n) is 11.0. The molecule has 0 saturated heterocycles. The zero-order chi connectivity index (χ0) is 13.1. The van der Waals surface area contributed by atoms with Crippen LogP contribution in [0.5, 0.6) is 5.75 Å². The summed E-state index contributed by atoms with van der Waals surface area (Å²) in [5.74, 6) is 0.698. The van der Waals surface area contributed by atoms with E-state index in [1.807, 2.05) is 25.1 Å². The quantitative estimate of drug-likeness (QED) is 0.829. The first-order valence-electron chi connectivity index (χ1n) is 5.93. The van der Waals surface area contributed by atoms with E-state index >= 15 is 0 Å². The minimum absolute atomic E-state index is 0.437. The topological polar surface area (TPSA) is 49.7 Å². The molecule has 0 aliphatic rings. The Morgan fingerprint density at radius 3 is 2.53 bits per heavy atom. The molecule has 3 heteroatoms. The molecule has 1 rings (SSSR count). The molecule has 1 unspecified atom stereocenters. The van der Waals surface area contributed by atoms with Crippen LogP contribution in [-0.2, 0) is 0 Å². The molecule has 1 atom stereocenters. The molecule has 0 fully saturated rings. The number of aliphatic hydroxyl groups is 2. The maximum atomic E-state index is 9.63. The molecule has 0 aliphatic carbocycles. The molecule has 17 heavy (non-hydrogen) atoms. The first-order valence-corrected chi connectivity index (χ1v) is 5.93. The molecule has 0 amide bonds. The van der Waals surface area contributed by atoms with Gasteiger partial charge in [0, 0.05) is 12.0 Å². The van der Waals surface area contributed by atoms with Gasteiger partial charge in [0.15, 0.2) is 0 Å². The Balaban J connectivity index is 2.72. The number of ether oxygens (including phenoxy) is 1. The van der Waals surface area contributed by atoms with Crippen LogP contribution in [0.1, 0.15) is 44.4 Å². The highest BCUT2D eigenvalue weighted by molar-refractivity contribution is 5.38. The lowest BCUT2D eigenvalue weighted by atomic mass is 10.1. The SMILES string of the molecule is Cc1ccc(C(C)O)c(OCCC(C)(C)O)c1. The molecule has 0 radical (unpaired) electrons. The van der Waals surface area contributed by atoms with E-state index in [2.05, 4.69) is 0 Å². The highest BCUT2D eigenvalue weighted by Crippen LogP contribution is 2.26. The van der Waals surface area contributed by atoms with Crippen molar-refractivity contribution >= 4 is 0 Å². The van der Waals surface area contributed by atoms with Gasteiger partial charge in [0.05, 0.1) is 18.3 Å². The molecule has 0 aliphatic heterocycles. The third-order valence-corrected chi connectivity index (χ3v) is 2.59. The average molecular weight is 238 g/mol. The predicted octanol–water partition coefficient (Wildman–Crippen LogP) is 2.59. The van der Waals surface area contributed by atoms with Crippen molar-refractivity contribution in [1.29, 1.82) is 0 Å². The van der Waals surface area contributed by atoms with E-state index in [0.29, 0.717) is 18.8 Å². The lowest BCUT2D eigenvalue weighted by molar-refractivity contribution is 0.0548. The fraction of sp³-hybridized carbons (Fsp3) is 0.571. The van der Waals surface area contributed by atoms with Crippen molar-refractivity contribution in [2.45, 2.75) is 45.8 Å². The molecule has 0 aromatic heterocycles. The minimum atomic E-state index is -0.727. The van der Waals surface area contributed by atoms with Gasteiger partial charge in [-0.2, -0.15) is 0 Å². The van der Waals surface area contributed by atoms with Crippen LogP contribution in [0.15, 0.2) is 18.2 Å². The lowest BCUT2D eigenvalue weighted by Gasteiger charge is -2.19. The van der Waals surface area contributed by atoms with Gasteiger partial charge in [-0.25, -0.2) is 0 Å². The van der Waals surface area contributed by atoms with Crippen LogP contribution in [0.25, 0.3) is 0 Å². The number of benzene rings is 1. The molecule has 0 spiro atoms. The summed E-state index contributed by atoms with van der Waals surface area (Å²) in [6.45, 7) is 7.64. The summed E-state index contributed by atoms with van der Waals surface area (Å²) in [4.78, 5) is 0. The molecule has 0 heterocycles. The van der Waals surface area contributed by atoms with Crippen LogP contribution in [0.2, 0.25) is 0 Å². The van der Waals surface area contributed by atoms with Gasteiger partial charge in [-0.3, -0.25) is 0 Å². The van der Waals surface area contributed by atoms with Crippen molar-refractivity contribution in [3.05, 3.63) is 29.3 Å². The first-order chi connectivity index (χ1) is 7.79. The van der Waals surface area contributed by atoms with Crippen molar-refractivity contribution in [3.63, 3.8) is 0 Å². The number of hydrogen-bond donors (Lipinski definition) is 2. The molecular weight excluding hydrogens is 216 g/mol. The number of rotatable bonds is 5. The molecule has 1 aromatic carbocycles. The van der Waals surface area contributed by atoms with E-state index in [4.69, 9.17) is 4.74 Å². The van der Waals surface area contributed by atoms with Crippen molar-refractivity contribution < 1.29 is 14.9 Å². The third kappa shape index (κ3) is 4.75. The summed E-state index contributed by atoms with van der Waals surface area (Å²) >= 11 is 0. The van der Waals surface area contributed by atoms with Crippen LogP contribution in [0, 0.1) is 6.92 Å². The Labute approximate surface area is 103 Å². The van der Waals surface area contributed by atoms with Crippen molar-refractivity contribution in [2.24, 2.45) is 0 Å². The first kappa shape index (κ1) is 14.0. The molecule has 1 aromatic rings. The van der Waals surface area contributed by atoms with Crippen LogP contribution in [0.4, 0.5) is 0 Å². The standard InChI is InChI=1S/C14H22O3/c1-10-5-6-12(11(2)15)13(9-10)17-8-7-14(3,4)16/h5-6,9,11,15-16H,7-8H2,1-4H3. The summed E-state index contributed by atoms with van der Waals surface area (Å²) < 4.78 is 5.64. The van der Waals surface area contributed by atoms with Gasteiger partial charge in [-0.05, 0) is 39.3 Å². The molecule has 0 bridgehead atoms. The molecule has 2 N–H and O–H groups in total. The summed E-state index contributed by atoms with van der Waals surface area (Å²) in [5, 5.41) is 19.2. The van der Waals surface area contributed by atoms with Gasteiger partial charge >= 0.3 is 0 Å². The smallest absolute Gasteiger partial charge is 0.125 e. The summed E-state index contributed by atoms with van der Waals surface area (Å²) in [6.07, 6.45) is 0.00735. The van der Waals surface area contributed by atoms with E-state index in [1.54, 1.807) is 20.8 Å². The van der Waals surface area contributed by atoms with Gasteiger partial charge in [-0.1, -0.05) is 12.1 Å². The summed E-state index contributed by atoms with van der Waals surface area (Å²) in [6, 6.07) is 5.73. The Bertz CT molecular complexity index is 364. The van der Waals surface area contributed by atoms with E-state index in [-0.39, 0.29) is 0 Å². The van der Waals surface area contributed by atoms with E-state index < -0.39 is 11.7 Å².